The van der Waals surface area contributed by atoms with Gasteiger partial charge in [0.25, 0.3) is 5.91 Å². The predicted molar refractivity (Wildman–Crippen MR) is 147 cm³/mol. The predicted octanol–water partition coefficient (Wildman–Crippen LogP) is 4.43. The van der Waals surface area contributed by atoms with Gasteiger partial charge in [0.2, 0.25) is 5.91 Å². The smallest absolute Gasteiger partial charge is 0.260 e. The Labute approximate surface area is 229 Å². The van der Waals surface area contributed by atoms with Crippen LogP contribution >= 0.6 is 0 Å². The van der Waals surface area contributed by atoms with Crippen molar-refractivity contribution < 1.29 is 23.8 Å². The highest BCUT2D eigenvalue weighted by molar-refractivity contribution is 5.92. The Hall–Kier alpha value is -4.01. The molecule has 1 aromatic heterocycles. The van der Waals surface area contributed by atoms with Crippen LogP contribution in [0.5, 0.6) is 17.2 Å². The molecule has 0 unspecified atom stereocenters. The third-order valence-electron chi connectivity index (χ3n) is 7.12. The monoisotopic (exact) mass is 532 g/mol. The van der Waals surface area contributed by atoms with Crippen molar-refractivity contribution in [1.82, 2.24) is 14.7 Å². The zero-order chi connectivity index (χ0) is 27.0. The number of fused-ring (bicyclic) bond motifs is 2. The van der Waals surface area contributed by atoms with Gasteiger partial charge < -0.3 is 24.0 Å². The Morgan fingerprint density at radius 3 is 2.54 bits per heavy atom. The topological polar surface area (TPSA) is 86.1 Å². The fraction of sp³-hybridized carbons (Fsp3) is 0.433. The van der Waals surface area contributed by atoms with Gasteiger partial charge in [0.15, 0.2) is 18.1 Å². The first kappa shape index (κ1) is 26.6. The lowest BCUT2D eigenvalue weighted by atomic mass is 10.0. The van der Waals surface area contributed by atoms with Gasteiger partial charge in [-0.05, 0) is 48.2 Å². The zero-order valence-electron chi connectivity index (χ0n) is 22.5. The first-order valence-electron chi connectivity index (χ1n) is 13.7. The van der Waals surface area contributed by atoms with E-state index in [4.69, 9.17) is 14.2 Å². The van der Waals surface area contributed by atoms with Crippen LogP contribution in [0.2, 0.25) is 0 Å². The van der Waals surface area contributed by atoms with Crippen LogP contribution in [0.4, 0.5) is 5.69 Å². The summed E-state index contributed by atoms with van der Waals surface area (Å²) < 4.78 is 19.0. The second kappa shape index (κ2) is 12.7. The molecule has 0 aliphatic carbocycles. The summed E-state index contributed by atoms with van der Waals surface area (Å²) in [5, 5.41) is 4.32. The first-order chi connectivity index (χ1) is 19.1. The number of benzene rings is 2. The largest absolute Gasteiger partial charge is 0.486 e. The van der Waals surface area contributed by atoms with Gasteiger partial charge in [0, 0.05) is 50.7 Å². The Kier molecular flexibility index (Phi) is 8.65. The molecule has 39 heavy (non-hydrogen) atoms. The highest BCUT2D eigenvalue weighted by Gasteiger charge is 2.22. The van der Waals surface area contributed by atoms with Gasteiger partial charge in [-0.3, -0.25) is 14.3 Å². The van der Waals surface area contributed by atoms with E-state index in [-0.39, 0.29) is 18.4 Å². The van der Waals surface area contributed by atoms with Crippen molar-refractivity contribution in [3.63, 3.8) is 0 Å². The van der Waals surface area contributed by atoms with Crippen LogP contribution in [0, 0.1) is 0 Å². The van der Waals surface area contributed by atoms with E-state index in [9.17, 15) is 9.59 Å². The molecule has 0 bridgehead atoms. The number of nitrogens with zero attached hydrogens (tertiary/aromatic N) is 4. The standard InChI is InChI=1S/C30H36N4O5/c1-23(35)34-15-6-4-2-3-5-13-32(21-25-9-8-24(18-27(25)34)20-33-14-7-12-31-33)30(36)22-39-26-10-11-28-29(19-26)38-17-16-37-28/h7-12,14,18-19H,2-6,13,15-17,20-22H2,1H3. The van der Waals surface area contributed by atoms with E-state index in [0.717, 1.165) is 48.9 Å². The lowest BCUT2D eigenvalue weighted by molar-refractivity contribution is -0.134. The van der Waals surface area contributed by atoms with Gasteiger partial charge in [-0.15, -0.1) is 0 Å². The van der Waals surface area contributed by atoms with Crippen LogP contribution in [0.3, 0.4) is 0 Å². The third kappa shape index (κ3) is 6.90. The molecule has 0 saturated heterocycles. The Bertz CT molecular complexity index is 1280. The van der Waals surface area contributed by atoms with E-state index in [2.05, 4.69) is 17.2 Å². The van der Waals surface area contributed by atoms with Crippen LogP contribution in [-0.2, 0) is 22.7 Å². The molecule has 3 heterocycles. The summed E-state index contributed by atoms with van der Waals surface area (Å²) in [6.07, 6.45) is 8.73. The average Bonchev–Trinajstić information content (AvgIpc) is 3.45. The lowest BCUT2D eigenvalue weighted by Crippen LogP contribution is -2.37. The molecule has 9 heteroatoms. The molecule has 2 aliphatic heterocycles. The quantitative estimate of drug-likeness (QED) is 0.483. The maximum absolute atomic E-state index is 13.4. The molecule has 0 fully saturated rings. The van der Waals surface area contributed by atoms with E-state index in [0.29, 0.717) is 56.6 Å². The summed E-state index contributed by atoms with van der Waals surface area (Å²) in [5.74, 6) is 1.78. The molecule has 0 radical (unpaired) electrons. The maximum atomic E-state index is 13.4. The van der Waals surface area contributed by atoms with E-state index in [1.165, 1.54) is 0 Å². The number of carbonyl (C=O) groups is 2. The van der Waals surface area contributed by atoms with Gasteiger partial charge in [-0.2, -0.15) is 5.10 Å². The van der Waals surface area contributed by atoms with Gasteiger partial charge in [-0.1, -0.05) is 31.4 Å². The molecular weight excluding hydrogens is 496 g/mol. The Morgan fingerprint density at radius 2 is 1.74 bits per heavy atom. The summed E-state index contributed by atoms with van der Waals surface area (Å²) >= 11 is 0. The van der Waals surface area contributed by atoms with Crippen molar-refractivity contribution in [2.24, 2.45) is 0 Å². The number of carbonyl (C=O) groups excluding carboxylic acids is 2. The summed E-state index contributed by atoms with van der Waals surface area (Å²) in [6.45, 7) is 4.86. The second-order valence-corrected chi connectivity index (χ2v) is 10.0. The minimum atomic E-state index is -0.0945. The molecule has 2 amide bonds. The summed E-state index contributed by atoms with van der Waals surface area (Å²) in [6, 6.07) is 13.4. The molecule has 0 spiro atoms. The van der Waals surface area contributed by atoms with E-state index < -0.39 is 0 Å². The van der Waals surface area contributed by atoms with Crippen molar-refractivity contribution >= 4 is 17.5 Å². The number of rotatable bonds is 5. The zero-order valence-corrected chi connectivity index (χ0v) is 22.5. The van der Waals surface area contributed by atoms with Crippen LogP contribution in [0.15, 0.2) is 54.9 Å². The summed E-state index contributed by atoms with van der Waals surface area (Å²) in [7, 11) is 0. The van der Waals surface area contributed by atoms with Crippen molar-refractivity contribution in [3.8, 4) is 17.2 Å². The molecule has 5 rings (SSSR count). The highest BCUT2D eigenvalue weighted by Crippen LogP contribution is 2.33. The normalized spacial score (nSPS) is 16.0. The minimum absolute atomic E-state index is 0.00404. The van der Waals surface area contributed by atoms with Crippen LogP contribution in [-0.4, -0.2) is 59.4 Å². The number of anilines is 1. The minimum Gasteiger partial charge on any atom is -0.486 e. The Morgan fingerprint density at radius 1 is 0.949 bits per heavy atom. The number of amides is 2. The molecule has 0 saturated carbocycles. The molecule has 2 aromatic carbocycles. The first-order valence-corrected chi connectivity index (χ1v) is 13.7. The third-order valence-corrected chi connectivity index (χ3v) is 7.12. The van der Waals surface area contributed by atoms with Gasteiger partial charge in [0.1, 0.15) is 19.0 Å². The molecule has 0 N–H and O–H groups in total. The maximum Gasteiger partial charge on any atom is 0.260 e. The molecule has 9 nitrogen and oxygen atoms in total. The summed E-state index contributed by atoms with van der Waals surface area (Å²) in [4.78, 5) is 29.9. The van der Waals surface area contributed by atoms with E-state index in [1.807, 2.05) is 32.8 Å². The van der Waals surface area contributed by atoms with Crippen molar-refractivity contribution in [3.05, 3.63) is 66.0 Å². The second-order valence-electron chi connectivity index (χ2n) is 10.0. The number of aromatic nitrogens is 2. The van der Waals surface area contributed by atoms with Crippen molar-refractivity contribution in [1.29, 1.82) is 0 Å². The lowest BCUT2D eigenvalue weighted by Gasteiger charge is -2.29. The highest BCUT2D eigenvalue weighted by atomic mass is 16.6. The molecule has 0 atom stereocenters. The van der Waals surface area contributed by atoms with Gasteiger partial charge in [0.05, 0.1) is 6.54 Å². The summed E-state index contributed by atoms with van der Waals surface area (Å²) in [5.41, 5.74) is 2.86. The molecule has 2 aliphatic rings. The van der Waals surface area contributed by atoms with Crippen molar-refractivity contribution in [2.75, 3.05) is 37.8 Å². The van der Waals surface area contributed by atoms with E-state index >= 15 is 0 Å². The fourth-order valence-electron chi connectivity index (χ4n) is 5.07. The fourth-order valence-corrected chi connectivity index (χ4v) is 5.07. The number of ether oxygens (including phenoxy) is 3. The van der Waals surface area contributed by atoms with E-state index in [1.54, 1.807) is 31.3 Å². The van der Waals surface area contributed by atoms with Crippen LogP contribution in [0.25, 0.3) is 0 Å². The molecule has 3 aromatic rings. The Balaban J connectivity index is 1.36. The van der Waals surface area contributed by atoms with Crippen LogP contribution < -0.4 is 19.1 Å². The SMILES string of the molecule is CC(=O)N1CCCCCCCN(C(=O)COc2ccc3c(c2)OCCO3)Cc2ccc(Cn3cccn3)cc21. The van der Waals surface area contributed by atoms with Crippen LogP contribution in [0.1, 0.15) is 50.2 Å². The molecular formula is C30H36N4O5. The number of hydrogen-bond donors (Lipinski definition) is 0. The average molecular weight is 533 g/mol. The van der Waals surface area contributed by atoms with Gasteiger partial charge >= 0.3 is 0 Å². The molecule has 206 valence electrons. The van der Waals surface area contributed by atoms with Gasteiger partial charge in [-0.25, -0.2) is 0 Å². The van der Waals surface area contributed by atoms with Crippen molar-refractivity contribution in [2.45, 2.75) is 52.1 Å². The number of hydrogen-bond acceptors (Lipinski definition) is 6.